The summed E-state index contributed by atoms with van der Waals surface area (Å²) in [4.78, 5) is 2.49. The second-order valence-electron chi connectivity index (χ2n) is 3.13. The van der Waals surface area contributed by atoms with Crippen molar-refractivity contribution in [1.82, 2.24) is 4.90 Å². The molecular formula is C9H14LiNO2S. The first kappa shape index (κ1) is 13.9. The third kappa shape index (κ3) is 4.40. The van der Waals surface area contributed by atoms with Crippen LogP contribution in [0.25, 0.3) is 0 Å². The van der Waals surface area contributed by atoms with Crippen molar-refractivity contribution in [3.05, 3.63) is 29.8 Å². The van der Waals surface area contributed by atoms with Gasteiger partial charge in [0.1, 0.15) is 0 Å². The molecule has 5 heteroatoms. The molecule has 74 valence electrons. The van der Waals surface area contributed by atoms with E-state index in [2.05, 4.69) is 0 Å². The average Bonchev–Trinajstić information content (AvgIpc) is 2.04. The Balaban J connectivity index is 0. The van der Waals surface area contributed by atoms with Crippen molar-refractivity contribution >= 4 is 11.1 Å². The molecule has 1 N–H and O–H groups in total. The topological polar surface area (TPSA) is 40.5 Å². The van der Waals surface area contributed by atoms with Gasteiger partial charge in [-0.15, -0.1) is 0 Å². The van der Waals surface area contributed by atoms with Gasteiger partial charge in [0.15, 0.2) is 11.1 Å². The molecule has 3 nitrogen and oxygen atoms in total. The van der Waals surface area contributed by atoms with Gasteiger partial charge in [0.2, 0.25) is 0 Å². The number of benzene rings is 1. The zero-order valence-corrected chi connectivity index (χ0v) is 9.54. The van der Waals surface area contributed by atoms with Crippen LogP contribution in [0.4, 0.5) is 0 Å². The summed E-state index contributed by atoms with van der Waals surface area (Å²) in [6, 6.07) is 7.08. The Bertz CT molecular complexity index is 305. The predicted molar refractivity (Wildman–Crippen MR) is 54.0 cm³/mol. The number of hydrogen-bond acceptors (Lipinski definition) is 2. The Labute approximate surface area is 100 Å². The molecule has 1 unspecified atom stereocenters. The first-order valence-corrected chi connectivity index (χ1v) is 5.05. The second-order valence-corrected chi connectivity index (χ2v) is 4.10. The largest absolute Gasteiger partial charge is 1.00 e. The van der Waals surface area contributed by atoms with Crippen molar-refractivity contribution < 1.29 is 29.0 Å². The predicted octanol–water partition coefficient (Wildman–Crippen LogP) is -1.55. The monoisotopic (exact) mass is 207 g/mol. The number of nitrogens with zero attached hydrogens (tertiary/aromatic N) is 1. The van der Waals surface area contributed by atoms with E-state index in [1.807, 2.05) is 31.1 Å². The van der Waals surface area contributed by atoms with Crippen molar-refractivity contribution in [2.24, 2.45) is 0 Å². The minimum Gasteiger partial charge on any atom is -1.00 e. The van der Waals surface area contributed by atoms with E-state index in [0.29, 0.717) is 4.90 Å². The molecule has 0 aliphatic rings. The van der Waals surface area contributed by atoms with Crippen LogP contribution in [0.15, 0.2) is 29.2 Å². The molecule has 0 fully saturated rings. The van der Waals surface area contributed by atoms with Crippen molar-refractivity contribution in [3.8, 4) is 0 Å². The summed E-state index contributed by atoms with van der Waals surface area (Å²) < 4.78 is 19.4. The first-order valence-electron chi connectivity index (χ1n) is 3.94. The van der Waals surface area contributed by atoms with Crippen LogP contribution >= 0.6 is 0 Å². The molecule has 1 rings (SSSR count). The van der Waals surface area contributed by atoms with E-state index in [1.165, 1.54) is 0 Å². The fourth-order valence-corrected chi connectivity index (χ4v) is 1.45. The Morgan fingerprint density at radius 1 is 1.36 bits per heavy atom. The van der Waals surface area contributed by atoms with Crippen LogP contribution in [0.5, 0.6) is 0 Å². The average molecular weight is 207 g/mol. The Hall–Kier alpha value is -0.113. The molecule has 0 aliphatic carbocycles. The van der Waals surface area contributed by atoms with E-state index >= 15 is 0 Å². The van der Waals surface area contributed by atoms with E-state index in [9.17, 15) is 4.21 Å². The van der Waals surface area contributed by atoms with Gasteiger partial charge in [-0.3, -0.25) is 0 Å². The molecule has 0 aromatic heterocycles. The van der Waals surface area contributed by atoms with Crippen LogP contribution in [0.2, 0.25) is 0 Å². The van der Waals surface area contributed by atoms with Crippen LogP contribution in [-0.4, -0.2) is 27.8 Å². The summed E-state index contributed by atoms with van der Waals surface area (Å²) in [7, 11) is 3.97. The normalized spacial score (nSPS) is 12.3. The SMILES string of the molecule is CN(C)Cc1ccc(S(=O)O)cc1.[H-].[Li+]. The standard InChI is InChI=1S/C9H13NO2S.Li.H/c1-10(2)7-8-3-5-9(6-4-8)13(11)12;;/h3-6H,7H2,1-2H3,(H,11,12);;/q;+1;-1. The maximum absolute atomic E-state index is 10.6. The van der Waals surface area contributed by atoms with Gasteiger partial charge in [0, 0.05) is 6.54 Å². The van der Waals surface area contributed by atoms with Crippen LogP contribution in [0.1, 0.15) is 6.99 Å². The molecule has 0 saturated carbocycles. The van der Waals surface area contributed by atoms with Gasteiger partial charge in [0.05, 0.1) is 4.90 Å². The summed E-state index contributed by atoms with van der Waals surface area (Å²) in [5.74, 6) is 0. The molecule has 0 amide bonds. The van der Waals surface area contributed by atoms with Crippen LogP contribution < -0.4 is 18.9 Å². The molecule has 0 aliphatic heterocycles. The fourth-order valence-electron chi connectivity index (χ4n) is 1.08. The summed E-state index contributed by atoms with van der Waals surface area (Å²) in [6.45, 7) is 0.846. The van der Waals surface area contributed by atoms with Crippen molar-refractivity contribution in [3.63, 3.8) is 0 Å². The minimum atomic E-state index is -1.86. The first-order chi connectivity index (χ1) is 6.09. The third-order valence-electron chi connectivity index (χ3n) is 1.62. The third-order valence-corrected chi connectivity index (χ3v) is 2.30. The van der Waals surface area contributed by atoms with Gasteiger partial charge in [-0.1, -0.05) is 12.1 Å². The van der Waals surface area contributed by atoms with E-state index in [-0.39, 0.29) is 20.3 Å². The van der Waals surface area contributed by atoms with Crippen LogP contribution in [0.3, 0.4) is 0 Å². The number of hydrogen-bond donors (Lipinski definition) is 1. The summed E-state index contributed by atoms with van der Waals surface area (Å²) in [5.41, 5.74) is 1.14. The molecule has 1 aromatic carbocycles. The summed E-state index contributed by atoms with van der Waals surface area (Å²) >= 11 is -1.86. The maximum atomic E-state index is 10.6. The molecule has 1 aromatic rings. The van der Waals surface area contributed by atoms with E-state index in [1.54, 1.807) is 12.1 Å². The van der Waals surface area contributed by atoms with Crippen molar-refractivity contribution in [2.45, 2.75) is 11.4 Å². The summed E-state index contributed by atoms with van der Waals surface area (Å²) in [5, 5.41) is 0. The number of rotatable bonds is 3. The van der Waals surface area contributed by atoms with Gasteiger partial charge < -0.3 is 10.9 Å². The molecule has 0 bridgehead atoms. The van der Waals surface area contributed by atoms with Crippen molar-refractivity contribution in [2.75, 3.05) is 14.1 Å². The minimum absolute atomic E-state index is 0. The van der Waals surface area contributed by atoms with Gasteiger partial charge in [-0.25, -0.2) is 4.21 Å². The fraction of sp³-hybridized carbons (Fsp3) is 0.333. The molecule has 0 spiro atoms. The Kier molecular flexibility index (Phi) is 6.33. The molecule has 0 heterocycles. The maximum Gasteiger partial charge on any atom is 1.00 e. The van der Waals surface area contributed by atoms with Gasteiger partial charge in [-0.2, -0.15) is 0 Å². The molecule has 0 saturated heterocycles. The van der Waals surface area contributed by atoms with E-state index in [4.69, 9.17) is 4.55 Å². The molecular weight excluding hydrogens is 193 g/mol. The zero-order chi connectivity index (χ0) is 9.84. The van der Waals surface area contributed by atoms with Crippen molar-refractivity contribution in [1.29, 1.82) is 0 Å². The Morgan fingerprint density at radius 3 is 2.21 bits per heavy atom. The molecule has 14 heavy (non-hydrogen) atoms. The molecule has 0 radical (unpaired) electrons. The summed E-state index contributed by atoms with van der Waals surface area (Å²) in [6.07, 6.45) is 0. The van der Waals surface area contributed by atoms with Gasteiger partial charge in [-0.05, 0) is 31.8 Å². The van der Waals surface area contributed by atoms with Crippen LogP contribution in [0, 0.1) is 0 Å². The van der Waals surface area contributed by atoms with Gasteiger partial charge >= 0.3 is 18.9 Å². The van der Waals surface area contributed by atoms with Gasteiger partial charge in [0.25, 0.3) is 0 Å². The zero-order valence-electron chi connectivity index (χ0n) is 9.73. The Morgan fingerprint density at radius 2 is 1.86 bits per heavy atom. The quantitative estimate of drug-likeness (QED) is 0.481. The van der Waals surface area contributed by atoms with Crippen LogP contribution in [-0.2, 0) is 17.6 Å². The van der Waals surface area contributed by atoms with E-state index in [0.717, 1.165) is 12.1 Å². The molecule has 1 atom stereocenters. The van der Waals surface area contributed by atoms with E-state index < -0.39 is 11.1 Å². The smallest absolute Gasteiger partial charge is 1.00 e. The second kappa shape index (κ2) is 6.39.